The lowest BCUT2D eigenvalue weighted by atomic mass is 10.0. The highest BCUT2D eigenvalue weighted by molar-refractivity contribution is 5.95. The maximum absolute atomic E-state index is 14.1. The maximum Gasteiger partial charge on any atom is 0.320 e. The lowest BCUT2D eigenvalue weighted by molar-refractivity contribution is -0.382. The Morgan fingerprint density at radius 3 is 2.63 bits per heavy atom. The molecule has 1 unspecified atom stereocenters. The number of anilines is 1. The molecule has 5 aromatic rings. The van der Waals surface area contributed by atoms with Crippen molar-refractivity contribution in [3.05, 3.63) is 112 Å². The molecule has 1 amide bonds. The van der Waals surface area contributed by atoms with E-state index in [1.54, 1.807) is 28.6 Å². The number of carbonyl (C=O) groups is 1. The summed E-state index contributed by atoms with van der Waals surface area (Å²) in [6.07, 6.45) is 5.10. The van der Waals surface area contributed by atoms with Gasteiger partial charge in [-0.05, 0) is 43.5 Å². The molecule has 0 aliphatic rings. The number of benzene rings is 2. The van der Waals surface area contributed by atoms with Crippen LogP contribution in [0.4, 0.5) is 5.82 Å². The van der Waals surface area contributed by atoms with Gasteiger partial charge in [0.2, 0.25) is 5.82 Å². The number of para-hydroxylation sites is 1. The van der Waals surface area contributed by atoms with Gasteiger partial charge >= 0.3 is 11.6 Å². The van der Waals surface area contributed by atoms with Crippen molar-refractivity contribution in [2.24, 2.45) is 7.05 Å². The van der Waals surface area contributed by atoms with E-state index in [0.29, 0.717) is 28.0 Å². The molecule has 38 heavy (non-hydrogen) atoms. The molecule has 9 nitrogen and oxygen atoms in total. The van der Waals surface area contributed by atoms with E-state index in [0.717, 1.165) is 10.9 Å². The third kappa shape index (κ3) is 4.75. The van der Waals surface area contributed by atoms with Crippen LogP contribution in [-0.4, -0.2) is 25.2 Å². The van der Waals surface area contributed by atoms with E-state index in [2.05, 4.69) is 32.2 Å². The summed E-state index contributed by atoms with van der Waals surface area (Å²) in [5.41, 5.74) is 9.21. The molecule has 0 saturated carbocycles. The Morgan fingerprint density at radius 1 is 1.13 bits per heavy atom. The Kier molecular flexibility index (Phi) is 6.46. The summed E-state index contributed by atoms with van der Waals surface area (Å²) in [5.74, 6) is 5.91. The molecule has 188 valence electrons. The molecule has 3 heterocycles. The molecule has 5 rings (SSSR count). The Labute approximate surface area is 219 Å². The summed E-state index contributed by atoms with van der Waals surface area (Å²) >= 11 is 0. The van der Waals surface area contributed by atoms with E-state index in [1.165, 1.54) is 0 Å². The normalized spacial score (nSPS) is 11.6. The fourth-order valence-corrected chi connectivity index (χ4v) is 4.33. The lowest BCUT2D eigenvalue weighted by Gasteiger charge is -2.21. The summed E-state index contributed by atoms with van der Waals surface area (Å²) in [6, 6.07) is 16.2. The number of pyridine rings is 1. The first kappa shape index (κ1) is 24.5. The highest BCUT2D eigenvalue weighted by atomic mass is 16.2. The van der Waals surface area contributed by atoms with E-state index in [4.69, 9.17) is 5.73 Å². The second-order valence-electron chi connectivity index (χ2n) is 8.97. The number of nitrogens with two attached hydrogens (primary N) is 1. The van der Waals surface area contributed by atoms with Crippen LogP contribution < -0.4 is 21.6 Å². The van der Waals surface area contributed by atoms with Gasteiger partial charge < -0.3 is 11.1 Å². The number of aromatic nitrogens is 5. The molecule has 0 saturated heterocycles. The van der Waals surface area contributed by atoms with Gasteiger partial charge in [-0.2, -0.15) is 5.10 Å². The standard InChI is InChI=1S/C29H25N7O2/c1-18-15-31-26(27(30)33-18)28(37)34-19(2)24-14-22-9-7-8-21(13-12-20-16-32-35(3)17-20)25(22)29(38)36(24)23-10-5-4-6-11-23/h4-11,14-17,19H,1-3H3,(H2,30,33)(H,34,37)/p+1. The first-order chi connectivity index (χ1) is 18.3. The number of aromatic amines is 1. The predicted molar refractivity (Wildman–Crippen MR) is 145 cm³/mol. The van der Waals surface area contributed by atoms with E-state index >= 15 is 0 Å². The Balaban J connectivity index is 1.64. The molecule has 4 N–H and O–H groups in total. The Hall–Kier alpha value is -5.23. The molecule has 2 aromatic carbocycles. The number of nitrogen functional groups attached to an aromatic ring is 1. The second-order valence-corrected chi connectivity index (χ2v) is 8.97. The molecule has 9 heteroatoms. The minimum Gasteiger partial charge on any atom is -0.378 e. The molecule has 0 aliphatic carbocycles. The quantitative estimate of drug-likeness (QED) is 0.365. The minimum atomic E-state index is -0.543. The van der Waals surface area contributed by atoms with E-state index in [1.807, 2.05) is 74.8 Å². The smallest absolute Gasteiger partial charge is 0.320 e. The zero-order valence-electron chi connectivity index (χ0n) is 21.2. The number of hydrogen-bond donors (Lipinski definition) is 2. The van der Waals surface area contributed by atoms with Gasteiger partial charge in [0.1, 0.15) is 5.69 Å². The Morgan fingerprint density at radius 2 is 1.92 bits per heavy atom. The summed E-state index contributed by atoms with van der Waals surface area (Å²) in [6.45, 7) is 3.60. The van der Waals surface area contributed by atoms with Crippen LogP contribution in [-0.2, 0) is 7.05 Å². The highest BCUT2D eigenvalue weighted by Crippen LogP contribution is 2.23. The van der Waals surface area contributed by atoms with Gasteiger partial charge in [-0.1, -0.05) is 42.2 Å². The summed E-state index contributed by atoms with van der Waals surface area (Å²) in [5, 5.41) is 8.32. The highest BCUT2D eigenvalue weighted by Gasteiger charge is 2.24. The van der Waals surface area contributed by atoms with Crippen LogP contribution in [0, 0.1) is 18.8 Å². The van der Waals surface area contributed by atoms with Crippen LogP contribution in [0.5, 0.6) is 0 Å². The number of amides is 1. The summed E-state index contributed by atoms with van der Waals surface area (Å²) < 4.78 is 3.29. The number of carbonyl (C=O) groups excluding carboxylic acids is 1. The van der Waals surface area contributed by atoms with Crippen molar-refractivity contribution in [3.63, 3.8) is 0 Å². The van der Waals surface area contributed by atoms with Crippen molar-refractivity contribution in [2.75, 3.05) is 5.73 Å². The first-order valence-electron chi connectivity index (χ1n) is 12.0. The molecule has 0 bridgehead atoms. The van der Waals surface area contributed by atoms with Crippen molar-refractivity contribution in [2.45, 2.75) is 19.9 Å². The van der Waals surface area contributed by atoms with Crippen molar-refractivity contribution in [3.8, 4) is 17.5 Å². The molecule has 0 fully saturated rings. The molecule has 0 aliphatic heterocycles. The first-order valence-corrected chi connectivity index (χ1v) is 12.0. The summed E-state index contributed by atoms with van der Waals surface area (Å²) in [4.78, 5) is 34.2. The van der Waals surface area contributed by atoms with Gasteiger partial charge in [0.25, 0.3) is 5.56 Å². The lowest BCUT2D eigenvalue weighted by Crippen LogP contribution is -2.35. The number of nitrogens with one attached hydrogen (secondary N) is 2. The van der Waals surface area contributed by atoms with Crippen molar-refractivity contribution in [1.82, 2.24) is 24.6 Å². The zero-order valence-corrected chi connectivity index (χ0v) is 21.2. The topological polar surface area (TPSA) is 122 Å². The van der Waals surface area contributed by atoms with Crippen LogP contribution in [0.15, 0.2) is 78.0 Å². The maximum atomic E-state index is 14.1. The van der Waals surface area contributed by atoms with E-state index < -0.39 is 11.9 Å². The number of rotatable bonds is 4. The van der Waals surface area contributed by atoms with Gasteiger partial charge in [-0.3, -0.25) is 18.8 Å². The molecule has 0 spiro atoms. The zero-order chi connectivity index (χ0) is 26.8. The minimum absolute atomic E-state index is 0.102. The summed E-state index contributed by atoms with van der Waals surface area (Å²) in [7, 11) is 1.82. The molecular formula is C29H26N7O2+. The van der Waals surface area contributed by atoms with Gasteiger partial charge in [-0.25, -0.2) is 9.97 Å². The largest absolute Gasteiger partial charge is 0.378 e. The van der Waals surface area contributed by atoms with Crippen molar-refractivity contribution in [1.29, 1.82) is 0 Å². The number of fused-ring (bicyclic) bond motifs is 1. The van der Waals surface area contributed by atoms with Crippen LogP contribution >= 0.6 is 0 Å². The number of nitrogens with zero attached hydrogens (tertiary/aromatic N) is 4. The van der Waals surface area contributed by atoms with Crippen LogP contribution in [0.1, 0.15) is 46.0 Å². The van der Waals surface area contributed by atoms with Gasteiger partial charge in [0.15, 0.2) is 6.20 Å². The fraction of sp³-hybridized carbons (Fsp3) is 0.138. The average molecular weight is 505 g/mol. The third-order valence-corrected chi connectivity index (χ3v) is 6.13. The fourth-order valence-electron chi connectivity index (χ4n) is 4.33. The second kappa shape index (κ2) is 10.0. The van der Waals surface area contributed by atoms with Crippen LogP contribution in [0.3, 0.4) is 0 Å². The molecular weight excluding hydrogens is 478 g/mol. The third-order valence-electron chi connectivity index (χ3n) is 6.13. The SMILES string of the molecule is Cc1c[nH+]c(C(=O)NC(C)c2cc3cccc(C#Cc4cnn(C)c4)c3c(=O)n2-c2ccccc2)c(N)n1. The van der Waals surface area contributed by atoms with E-state index in [9.17, 15) is 9.59 Å². The molecule has 3 aromatic heterocycles. The molecule has 0 radical (unpaired) electrons. The van der Waals surface area contributed by atoms with Gasteiger partial charge in [0.05, 0.1) is 23.2 Å². The van der Waals surface area contributed by atoms with Crippen LogP contribution in [0.2, 0.25) is 0 Å². The monoisotopic (exact) mass is 504 g/mol. The van der Waals surface area contributed by atoms with Gasteiger partial charge in [0, 0.05) is 30.2 Å². The number of aryl methyl sites for hydroxylation is 2. The van der Waals surface area contributed by atoms with Crippen LogP contribution in [0.25, 0.3) is 16.5 Å². The number of H-pyrrole nitrogens is 1. The van der Waals surface area contributed by atoms with Crippen molar-refractivity contribution >= 4 is 22.5 Å². The number of hydrogen-bond acceptors (Lipinski definition) is 5. The Bertz CT molecular complexity index is 1790. The van der Waals surface area contributed by atoms with Gasteiger partial charge in [-0.15, -0.1) is 0 Å². The van der Waals surface area contributed by atoms with Crippen molar-refractivity contribution < 1.29 is 9.78 Å². The molecule has 1 atom stereocenters. The predicted octanol–water partition coefficient (Wildman–Crippen LogP) is 2.71. The average Bonchev–Trinajstić information content (AvgIpc) is 3.32. The van der Waals surface area contributed by atoms with E-state index in [-0.39, 0.29) is 17.1 Å².